The summed E-state index contributed by atoms with van der Waals surface area (Å²) in [7, 11) is -3.63. The monoisotopic (exact) mass is 550 g/mol. The zero-order valence-electron chi connectivity index (χ0n) is 21.0. The molecule has 5 rings (SSSR count). The summed E-state index contributed by atoms with van der Waals surface area (Å²) in [4.78, 5) is 18.4. The number of piperidine rings is 1. The first-order valence-corrected chi connectivity index (χ1v) is 14.6. The van der Waals surface area contributed by atoms with Gasteiger partial charge < -0.3 is 0 Å². The molecule has 1 amide bonds. The highest BCUT2D eigenvalue weighted by Gasteiger charge is 2.29. The Morgan fingerprint density at radius 3 is 2.45 bits per heavy atom. The third-order valence-electron chi connectivity index (χ3n) is 6.58. The van der Waals surface area contributed by atoms with E-state index < -0.39 is 15.9 Å². The summed E-state index contributed by atoms with van der Waals surface area (Å²) < 4.78 is 42.0. The second kappa shape index (κ2) is 10.7. The molecule has 0 spiro atoms. The van der Waals surface area contributed by atoms with Crippen LogP contribution in [0.5, 0.6) is 0 Å². The van der Waals surface area contributed by atoms with Crippen molar-refractivity contribution in [2.24, 2.45) is 11.0 Å². The van der Waals surface area contributed by atoms with Gasteiger partial charge in [-0.2, -0.15) is 14.4 Å². The van der Waals surface area contributed by atoms with Crippen molar-refractivity contribution < 1.29 is 17.6 Å². The maximum absolute atomic E-state index is 13.6. The standard InChI is InChI=1S/C28H27FN4O3S2/c1-19-13-15-32(16-14-19)38(35,36)24-10-6-22(7-11-24)27(34)33(30-18-21-4-8-23(29)9-5-21)28-31-25-12-3-20(2)17-26(25)37-28/h3-12,17-19H,13-16H2,1-2H3/b30-18+. The molecule has 1 aromatic heterocycles. The molecule has 0 bridgehead atoms. The summed E-state index contributed by atoms with van der Waals surface area (Å²) in [5, 5.41) is 5.96. The topological polar surface area (TPSA) is 82.9 Å². The van der Waals surface area contributed by atoms with E-state index in [0.29, 0.717) is 29.7 Å². The molecule has 38 heavy (non-hydrogen) atoms. The molecule has 0 atom stereocenters. The molecule has 196 valence electrons. The van der Waals surface area contributed by atoms with Crippen molar-refractivity contribution in [3.05, 3.63) is 89.2 Å². The minimum Gasteiger partial charge on any atom is -0.267 e. The van der Waals surface area contributed by atoms with E-state index in [0.717, 1.165) is 28.6 Å². The molecule has 7 nitrogen and oxygen atoms in total. The van der Waals surface area contributed by atoms with Crippen molar-refractivity contribution in [3.8, 4) is 0 Å². The molecular weight excluding hydrogens is 523 g/mol. The van der Waals surface area contributed by atoms with Crippen molar-refractivity contribution >= 4 is 48.8 Å². The average Bonchev–Trinajstić information content (AvgIpc) is 3.33. The Bertz CT molecular complexity index is 1590. The van der Waals surface area contributed by atoms with Gasteiger partial charge in [0.1, 0.15) is 5.82 Å². The van der Waals surface area contributed by atoms with Crippen molar-refractivity contribution in [2.45, 2.75) is 31.6 Å². The number of halogens is 1. The first-order chi connectivity index (χ1) is 18.2. The molecular formula is C28H27FN4O3S2. The molecule has 1 aliphatic heterocycles. The van der Waals surface area contributed by atoms with Gasteiger partial charge in [-0.05, 0) is 85.3 Å². The number of nitrogens with zero attached hydrogens (tertiary/aromatic N) is 4. The molecule has 0 saturated carbocycles. The van der Waals surface area contributed by atoms with Crippen molar-refractivity contribution in [1.82, 2.24) is 9.29 Å². The Kier molecular flexibility index (Phi) is 7.38. The van der Waals surface area contributed by atoms with Crippen molar-refractivity contribution in [1.29, 1.82) is 0 Å². The van der Waals surface area contributed by atoms with Crippen LogP contribution >= 0.6 is 11.3 Å². The number of carbonyl (C=O) groups excluding carboxylic acids is 1. The average molecular weight is 551 g/mol. The van der Waals surface area contributed by atoms with Crippen molar-refractivity contribution in [3.63, 3.8) is 0 Å². The highest BCUT2D eigenvalue weighted by Crippen LogP contribution is 2.31. The molecule has 4 aromatic rings. The Morgan fingerprint density at radius 2 is 1.76 bits per heavy atom. The quantitative estimate of drug-likeness (QED) is 0.223. The summed E-state index contributed by atoms with van der Waals surface area (Å²) in [6.45, 7) is 5.09. The van der Waals surface area contributed by atoms with E-state index in [9.17, 15) is 17.6 Å². The zero-order chi connectivity index (χ0) is 26.9. The number of rotatable bonds is 6. The summed E-state index contributed by atoms with van der Waals surface area (Å²) in [5.41, 5.74) is 2.68. The van der Waals surface area contributed by atoms with E-state index in [1.165, 1.54) is 63.3 Å². The first-order valence-electron chi connectivity index (χ1n) is 12.3. The molecule has 1 aliphatic rings. The number of hydrogen-bond acceptors (Lipinski definition) is 6. The smallest absolute Gasteiger partial charge is 0.267 e. The molecule has 2 heterocycles. The van der Waals surface area contributed by atoms with Crippen molar-refractivity contribution in [2.75, 3.05) is 18.1 Å². The highest BCUT2D eigenvalue weighted by molar-refractivity contribution is 7.89. The molecule has 0 N–H and O–H groups in total. The van der Waals surface area contributed by atoms with Crippen LogP contribution in [-0.4, -0.2) is 42.9 Å². The van der Waals surface area contributed by atoms with E-state index in [2.05, 4.69) is 17.0 Å². The van der Waals surface area contributed by atoms with Crippen LogP contribution in [0.3, 0.4) is 0 Å². The van der Waals surface area contributed by atoms with Gasteiger partial charge in [-0.15, -0.1) is 0 Å². The summed E-state index contributed by atoms with van der Waals surface area (Å²) in [5.74, 6) is -0.324. The molecule has 10 heteroatoms. The fourth-order valence-electron chi connectivity index (χ4n) is 4.24. The highest BCUT2D eigenvalue weighted by atomic mass is 32.2. The van der Waals surface area contributed by atoms with Gasteiger partial charge in [0.25, 0.3) is 5.91 Å². The fourth-order valence-corrected chi connectivity index (χ4v) is 6.73. The number of fused-ring (bicyclic) bond motifs is 1. The van der Waals surface area contributed by atoms with Gasteiger partial charge in [0, 0.05) is 18.7 Å². The van der Waals surface area contributed by atoms with Gasteiger partial charge >= 0.3 is 0 Å². The van der Waals surface area contributed by atoms with Crippen LogP contribution in [0.1, 0.15) is 41.3 Å². The third-order valence-corrected chi connectivity index (χ3v) is 9.49. The number of hydrazone groups is 1. The summed E-state index contributed by atoms with van der Waals surface area (Å²) >= 11 is 1.32. The lowest BCUT2D eigenvalue weighted by atomic mass is 10.0. The molecule has 3 aromatic carbocycles. The van der Waals surface area contributed by atoms with Gasteiger partial charge in [0.15, 0.2) is 0 Å². The number of hydrogen-bond donors (Lipinski definition) is 0. The molecule has 0 aliphatic carbocycles. The molecule has 0 unspecified atom stereocenters. The lowest BCUT2D eigenvalue weighted by molar-refractivity contribution is 0.0987. The summed E-state index contributed by atoms with van der Waals surface area (Å²) in [6.07, 6.45) is 3.13. The minimum absolute atomic E-state index is 0.153. The van der Waals surface area contributed by atoms with E-state index in [1.54, 1.807) is 12.1 Å². The maximum atomic E-state index is 13.6. The largest absolute Gasteiger partial charge is 0.280 e. The maximum Gasteiger partial charge on any atom is 0.280 e. The van der Waals surface area contributed by atoms with Crippen LogP contribution in [-0.2, 0) is 10.0 Å². The van der Waals surface area contributed by atoms with Crippen LogP contribution < -0.4 is 5.01 Å². The number of amides is 1. The van der Waals surface area contributed by atoms with E-state index in [1.807, 2.05) is 25.1 Å². The Labute approximate surface area is 225 Å². The lowest BCUT2D eigenvalue weighted by Crippen LogP contribution is -2.37. The number of sulfonamides is 1. The number of aromatic nitrogens is 1. The van der Waals surface area contributed by atoms with E-state index in [4.69, 9.17) is 0 Å². The second-order valence-electron chi connectivity index (χ2n) is 9.49. The van der Waals surface area contributed by atoms with Crippen LogP contribution in [0.15, 0.2) is 76.7 Å². The first kappa shape index (κ1) is 26.1. The number of thiazole rings is 1. The molecule has 0 radical (unpaired) electrons. The van der Waals surface area contributed by atoms with Gasteiger partial charge in [0.2, 0.25) is 15.2 Å². The number of aryl methyl sites for hydroxylation is 1. The predicted octanol–water partition coefficient (Wildman–Crippen LogP) is 5.85. The second-order valence-corrected chi connectivity index (χ2v) is 12.4. The third kappa shape index (κ3) is 5.52. The van der Waals surface area contributed by atoms with Gasteiger partial charge in [-0.3, -0.25) is 4.79 Å². The van der Waals surface area contributed by atoms with Crippen LogP contribution in [0.4, 0.5) is 9.52 Å². The normalized spacial score (nSPS) is 15.3. The lowest BCUT2D eigenvalue weighted by Gasteiger charge is -2.29. The SMILES string of the molecule is Cc1ccc2nc(N(/N=C/c3ccc(F)cc3)C(=O)c3ccc(S(=O)(=O)N4CCC(C)CC4)cc3)sc2c1. The zero-order valence-corrected chi connectivity index (χ0v) is 22.7. The van der Waals surface area contributed by atoms with Crippen LogP contribution in [0, 0.1) is 18.7 Å². The molecule has 1 saturated heterocycles. The van der Waals surface area contributed by atoms with Gasteiger partial charge in [0.05, 0.1) is 21.3 Å². The number of carbonyl (C=O) groups is 1. The molecule has 1 fully saturated rings. The summed E-state index contributed by atoms with van der Waals surface area (Å²) in [6, 6.07) is 17.5. The minimum atomic E-state index is -3.63. The van der Waals surface area contributed by atoms with Gasteiger partial charge in [-0.1, -0.05) is 36.5 Å². The predicted molar refractivity (Wildman–Crippen MR) is 149 cm³/mol. The fraction of sp³-hybridized carbons (Fsp3) is 0.250. The Hall–Kier alpha value is -3.47. The Balaban J connectivity index is 1.46. The van der Waals surface area contributed by atoms with E-state index in [-0.39, 0.29) is 16.3 Å². The van der Waals surface area contributed by atoms with E-state index >= 15 is 0 Å². The van der Waals surface area contributed by atoms with Gasteiger partial charge in [-0.25, -0.2) is 17.8 Å². The van der Waals surface area contributed by atoms with Crippen LogP contribution in [0.25, 0.3) is 10.2 Å². The number of anilines is 1. The number of benzene rings is 3. The van der Waals surface area contributed by atoms with Crippen LogP contribution in [0.2, 0.25) is 0 Å². The Morgan fingerprint density at radius 1 is 1.08 bits per heavy atom.